The van der Waals surface area contributed by atoms with Crippen molar-refractivity contribution in [3.05, 3.63) is 60.8 Å². The number of carbonyl (C=O) groups excluding carboxylic acids is 2. The molecule has 0 rings (SSSR count). The Kier molecular flexibility index (Phi) is 47.6. The van der Waals surface area contributed by atoms with Crippen LogP contribution < -0.4 is 5.32 Å². The van der Waals surface area contributed by atoms with Crippen molar-refractivity contribution < 1.29 is 24.5 Å². The molecule has 360 valence electrons. The van der Waals surface area contributed by atoms with Gasteiger partial charge in [-0.05, 0) is 63.9 Å². The molecule has 0 aromatic carbocycles. The number of carbonyl (C=O) groups is 2. The Labute approximate surface area is 384 Å². The number of unbranched alkanes of at least 4 members (excludes halogenated alkanes) is 29. The Morgan fingerprint density at radius 3 is 1.39 bits per heavy atom. The van der Waals surface area contributed by atoms with Gasteiger partial charge in [0.1, 0.15) is 6.10 Å². The molecule has 0 aromatic heterocycles. The summed E-state index contributed by atoms with van der Waals surface area (Å²) in [6, 6.07) is -0.737. The molecule has 0 aliphatic rings. The number of nitrogens with one attached hydrogen (secondary N) is 1. The summed E-state index contributed by atoms with van der Waals surface area (Å²) < 4.78 is 5.82. The van der Waals surface area contributed by atoms with Crippen LogP contribution in [-0.2, 0) is 14.3 Å². The predicted octanol–water partition coefficient (Wildman–Crippen LogP) is 16.0. The summed E-state index contributed by atoms with van der Waals surface area (Å²) in [7, 11) is 0. The van der Waals surface area contributed by atoms with E-state index in [0.717, 1.165) is 64.2 Å². The molecule has 0 fully saturated rings. The molecule has 0 heterocycles. The number of hydrogen-bond donors (Lipinski definition) is 3. The smallest absolute Gasteiger partial charge is 0.306 e. The van der Waals surface area contributed by atoms with Crippen LogP contribution in [0.3, 0.4) is 0 Å². The Morgan fingerprint density at radius 2 is 0.919 bits per heavy atom. The molecule has 0 radical (unpaired) electrons. The molecular weight excluding hydrogens is 767 g/mol. The normalized spacial score (nSPS) is 13.7. The van der Waals surface area contributed by atoms with Crippen molar-refractivity contribution >= 4 is 11.9 Å². The van der Waals surface area contributed by atoms with E-state index in [9.17, 15) is 19.8 Å². The van der Waals surface area contributed by atoms with Crippen molar-refractivity contribution in [1.82, 2.24) is 5.32 Å². The first kappa shape index (κ1) is 59.6. The number of aliphatic hydroxyl groups excluding tert-OH is 2. The molecule has 62 heavy (non-hydrogen) atoms. The highest BCUT2D eigenvalue weighted by molar-refractivity contribution is 5.78. The molecule has 0 spiro atoms. The molecule has 0 bridgehead atoms. The number of hydrogen-bond acceptors (Lipinski definition) is 5. The van der Waals surface area contributed by atoms with Crippen molar-refractivity contribution in [2.75, 3.05) is 6.61 Å². The van der Waals surface area contributed by atoms with E-state index in [4.69, 9.17) is 4.74 Å². The van der Waals surface area contributed by atoms with Crippen molar-refractivity contribution in [1.29, 1.82) is 0 Å². The van der Waals surface area contributed by atoms with Gasteiger partial charge in [-0.25, -0.2) is 0 Å². The fourth-order valence-electron chi connectivity index (χ4n) is 7.81. The van der Waals surface area contributed by atoms with Crippen LogP contribution in [0.2, 0.25) is 0 Å². The summed E-state index contributed by atoms with van der Waals surface area (Å²) in [6.45, 7) is 6.43. The summed E-state index contributed by atoms with van der Waals surface area (Å²) in [5.41, 5.74) is 0. The highest BCUT2D eigenvalue weighted by Gasteiger charge is 2.23. The molecule has 6 heteroatoms. The van der Waals surface area contributed by atoms with E-state index in [2.05, 4.69) is 74.7 Å². The number of ether oxygens (including phenoxy) is 1. The van der Waals surface area contributed by atoms with Crippen LogP contribution in [0.25, 0.3) is 0 Å². The second-order valence-electron chi connectivity index (χ2n) is 18.0. The summed E-state index contributed by atoms with van der Waals surface area (Å²) >= 11 is 0. The summed E-state index contributed by atoms with van der Waals surface area (Å²) in [5, 5.41) is 23.7. The fraction of sp³-hybridized carbons (Fsp3) is 0.786. The van der Waals surface area contributed by atoms with Crippen LogP contribution in [0.1, 0.15) is 258 Å². The van der Waals surface area contributed by atoms with E-state index in [-0.39, 0.29) is 24.9 Å². The zero-order valence-electron chi connectivity index (χ0n) is 41.0. The van der Waals surface area contributed by atoms with Gasteiger partial charge in [0.2, 0.25) is 5.91 Å². The van der Waals surface area contributed by atoms with Gasteiger partial charge < -0.3 is 20.3 Å². The third-order valence-corrected chi connectivity index (χ3v) is 11.9. The SMILES string of the molecule is CCCCCCC/C=C/C=C/C=C/CCCCCCCC(=O)OC(/C=C/C/C=C\CCCCCCCC)CC(=O)NC(CO)C(O)CCCCCCCCCCCCCCCC. The topological polar surface area (TPSA) is 95.9 Å². The molecule has 0 saturated heterocycles. The predicted molar refractivity (Wildman–Crippen MR) is 268 cm³/mol. The average molecular weight is 868 g/mol. The molecular formula is C56H101NO5. The summed E-state index contributed by atoms with van der Waals surface area (Å²) in [4.78, 5) is 26.1. The maximum absolute atomic E-state index is 13.2. The minimum Gasteiger partial charge on any atom is -0.458 e. The van der Waals surface area contributed by atoms with Gasteiger partial charge in [-0.1, -0.05) is 242 Å². The Hall–Kier alpha value is -2.44. The molecule has 3 unspecified atom stereocenters. The zero-order valence-corrected chi connectivity index (χ0v) is 41.0. The maximum atomic E-state index is 13.2. The molecule has 0 aliphatic carbocycles. The fourth-order valence-corrected chi connectivity index (χ4v) is 7.81. The molecule has 0 aromatic rings. The zero-order chi connectivity index (χ0) is 45.2. The average Bonchev–Trinajstić information content (AvgIpc) is 3.26. The van der Waals surface area contributed by atoms with Crippen molar-refractivity contribution in [2.24, 2.45) is 0 Å². The minimum absolute atomic E-state index is 0.0378. The van der Waals surface area contributed by atoms with Crippen LogP contribution in [0.5, 0.6) is 0 Å². The molecule has 6 nitrogen and oxygen atoms in total. The number of rotatable bonds is 47. The number of allylic oxidation sites excluding steroid dienone is 9. The van der Waals surface area contributed by atoms with Crippen molar-refractivity contribution in [3.8, 4) is 0 Å². The number of amides is 1. The van der Waals surface area contributed by atoms with E-state index in [0.29, 0.717) is 19.3 Å². The van der Waals surface area contributed by atoms with Gasteiger partial charge in [-0.2, -0.15) is 0 Å². The minimum atomic E-state index is -0.815. The van der Waals surface area contributed by atoms with Gasteiger partial charge in [0, 0.05) is 6.42 Å². The van der Waals surface area contributed by atoms with E-state index in [1.807, 2.05) is 12.2 Å². The maximum Gasteiger partial charge on any atom is 0.306 e. The molecule has 0 aliphatic heterocycles. The van der Waals surface area contributed by atoms with E-state index < -0.39 is 18.2 Å². The Bertz CT molecular complexity index is 1110. The van der Waals surface area contributed by atoms with Crippen molar-refractivity contribution in [2.45, 2.75) is 277 Å². The summed E-state index contributed by atoms with van der Waals surface area (Å²) in [6.07, 6.45) is 61.7. The van der Waals surface area contributed by atoms with Gasteiger partial charge in [0.15, 0.2) is 0 Å². The Balaban J connectivity index is 4.62. The van der Waals surface area contributed by atoms with Crippen LogP contribution in [0.15, 0.2) is 60.8 Å². The van der Waals surface area contributed by atoms with E-state index in [1.54, 1.807) is 0 Å². The van der Waals surface area contributed by atoms with E-state index in [1.165, 1.54) is 148 Å². The Morgan fingerprint density at radius 1 is 0.500 bits per heavy atom. The first-order valence-corrected chi connectivity index (χ1v) is 26.6. The van der Waals surface area contributed by atoms with E-state index >= 15 is 0 Å². The van der Waals surface area contributed by atoms with Gasteiger partial charge >= 0.3 is 5.97 Å². The summed E-state index contributed by atoms with van der Waals surface area (Å²) in [5.74, 6) is -0.623. The second kappa shape index (κ2) is 49.6. The van der Waals surface area contributed by atoms with Gasteiger partial charge in [-0.15, -0.1) is 0 Å². The van der Waals surface area contributed by atoms with Crippen LogP contribution in [-0.4, -0.2) is 46.9 Å². The first-order chi connectivity index (χ1) is 30.5. The standard InChI is InChI=1S/C56H101NO5/c1-4-7-10-13-16-19-22-24-26-27-28-29-31-34-37-40-43-46-49-56(61)62-52(47-44-41-38-35-32-21-18-15-12-9-6-3)50-55(60)57-53(51-58)54(59)48-45-42-39-36-33-30-25-23-20-17-14-11-8-5-2/h22,24,26-29,35,38,44,47,52-54,58-59H,4-21,23,25,30-34,36-37,39-43,45-46,48-51H2,1-3H3,(H,57,60)/b24-22+,27-26+,29-28+,38-35-,47-44+. The molecule has 0 saturated carbocycles. The van der Waals surface area contributed by atoms with Crippen LogP contribution in [0.4, 0.5) is 0 Å². The lowest BCUT2D eigenvalue weighted by Gasteiger charge is -2.23. The van der Waals surface area contributed by atoms with Crippen LogP contribution in [0, 0.1) is 0 Å². The molecule has 3 N–H and O–H groups in total. The quantitative estimate of drug-likeness (QED) is 0.0245. The second-order valence-corrected chi connectivity index (χ2v) is 18.0. The van der Waals surface area contributed by atoms with Gasteiger partial charge in [0.05, 0.1) is 25.2 Å². The van der Waals surface area contributed by atoms with Gasteiger partial charge in [-0.3, -0.25) is 9.59 Å². The van der Waals surface area contributed by atoms with Crippen LogP contribution >= 0.6 is 0 Å². The van der Waals surface area contributed by atoms with Crippen molar-refractivity contribution in [3.63, 3.8) is 0 Å². The lowest BCUT2D eigenvalue weighted by atomic mass is 10.0. The lowest BCUT2D eigenvalue weighted by molar-refractivity contribution is -0.148. The number of aliphatic hydroxyl groups is 2. The highest BCUT2D eigenvalue weighted by Crippen LogP contribution is 2.16. The molecule has 1 amide bonds. The highest BCUT2D eigenvalue weighted by atomic mass is 16.5. The third-order valence-electron chi connectivity index (χ3n) is 11.9. The monoisotopic (exact) mass is 868 g/mol. The largest absolute Gasteiger partial charge is 0.458 e. The molecule has 3 atom stereocenters. The number of esters is 1. The third kappa shape index (κ3) is 44.2. The van der Waals surface area contributed by atoms with Gasteiger partial charge in [0.25, 0.3) is 0 Å². The lowest BCUT2D eigenvalue weighted by Crippen LogP contribution is -2.46. The first-order valence-electron chi connectivity index (χ1n) is 26.6.